The second-order valence-corrected chi connectivity index (χ2v) is 3.91. The Morgan fingerprint density at radius 2 is 2.07 bits per heavy atom. The highest BCUT2D eigenvalue weighted by atomic mass is 35.5. The van der Waals surface area contributed by atoms with E-state index in [1.54, 1.807) is 18.2 Å². The summed E-state index contributed by atoms with van der Waals surface area (Å²) in [6, 6.07) is 5.14. The molecule has 0 aliphatic heterocycles. The van der Waals surface area contributed by atoms with Crippen molar-refractivity contribution < 1.29 is 4.79 Å². The van der Waals surface area contributed by atoms with Crippen LogP contribution in [0, 0.1) is 0 Å². The van der Waals surface area contributed by atoms with Gasteiger partial charge in [0, 0.05) is 12.0 Å². The minimum atomic E-state index is 0.0688. The first-order valence-electron chi connectivity index (χ1n) is 4.64. The average molecular weight is 231 g/mol. The van der Waals surface area contributed by atoms with Crippen molar-refractivity contribution in [2.75, 3.05) is 0 Å². The maximum Gasteiger partial charge on any atom is 0.164 e. The molecule has 0 aromatic heterocycles. The molecule has 0 saturated heterocycles. The molecule has 0 aliphatic rings. The van der Waals surface area contributed by atoms with Gasteiger partial charge >= 0.3 is 0 Å². The molecule has 1 aromatic rings. The zero-order chi connectivity index (χ0) is 10.6. The van der Waals surface area contributed by atoms with Gasteiger partial charge in [0.15, 0.2) is 5.78 Å². The summed E-state index contributed by atoms with van der Waals surface area (Å²) in [7, 11) is 0. The van der Waals surface area contributed by atoms with E-state index in [1.165, 1.54) is 0 Å². The van der Waals surface area contributed by atoms with Gasteiger partial charge in [0.05, 0.1) is 10.0 Å². The highest BCUT2D eigenvalue weighted by Gasteiger charge is 2.11. The van der Waals surface area contributed by atoms with Gasteiger partial charge in [-0.2, -0.15) is 0 Å². The molecule has 14 heavy (non-hydrogen) atoms. The summed E-state index contributed by atoms with van der Waals surface area (Å²) < 4.78 is 0. The van der Waals surface area contributed by atoms with E-state index in [2.05, 4.69) is 0 Å². The van der Waals surface area contributed by atoms with E-state index in [9.17, 15) is 4.79 Å². The van der Waals surface area contributed by atoms with Crippen LogP contribution in [0.25, 0.3) is 0 Å². The van der Waals surface area contributed by atoms with Crippen LogP contribution in [0.5, 0.6) is 0 Å². The number of carbonyl (C=O) groups excluding carboxylic acids is 1. The number of Topliss-reactive ketones (excluding diaryl/α,β-unsaturated/α-hetero) is 1. The molecule has 0 fully saturated rings. The predicted octanol–water partition coefficient (Wildman–Crippen LogP) is 4.37. The Balaban J connectivity index is 2.84. The number of hydrogen-bond acceptors (Lipinski definition) is 1. The molecule has 0 unspecified atom stereocenters. The molecule has 0 bridgehead atoms. The van der Waals surface area contributed by atoms with Gasteiger partial charge in [0.25, 0.3) is 0 Å². The predicted molar refractivity (Wildman–Crippen MR) is 60.3 cm³/mol. The third-order valence-electron chi connectivity index (χ3n) is 2.01. The third-order valence-corrected chi connectivity index (χ3v) is 2.83. The lowest BCUT2D eigenvalue weighted by Gasteiger charge is -2.03. The van der Waals surface area contributed by atoms with Crippen LogP contribution in [-0.4, -0.2) is 5.78 Å². The Hall–Kier alpha value is -0.530. The van der Waals surface area contributed by atoms with E-state index in [-0.39, 0.29) is 5.78 Å². The summed E-state index contributed by atoms with van der Waals surface area (Å²) in [4.78, 5) is 11.6. The van der Waals surface area contributed by atoms with Crippen molar-refractivity contribution in [3.63, 3.8) is 0 Å². The molecule has 0 saturated carbocycles. The standard InChI is InChI=1S/C11H12Cl2O/c1-2-3-7-10(14)8-5-4-6-9(12)11(8)13/h4-6H,2-3,7H2,1H3. The van der Waals surface area contributed by atoms with E-state index in [1.807, 2.05) is 6.92 Å². The first kappa shape index (κ1) is 11.5. The summed E-state index contributed by atoms with van der Waals surface area (Å²) in [5.41, 5.74) is 0.535. The first-order chi connectivity index (χ1) is 6.66. The number of hydrogen-bond donors (Lipinski definition) is 0. The van der Waals surface area contributed by atoms with Crippen LogP contribution >= 0.6 is 23.2 Å². The van der Waals surface area contributed by atoms with E-state index >= 15 is 0 Å². The van der Waals surface area contributed by atoms with E-state index in [0.29, 0.717) is 22.0 Å². The monoisotopic (exact) mass is 230 g/mol. The number of rotatable bonds is 4. The topological polar surface area (TPSA) is 17.1 Å². The van der Waals surface area contributed by atoms with E-state index in [0.717, 1.165) is 12.8 Å². The second-order valence-electron chi connectivity index (χ2n) is 3.13. The molecule has 0 radical (unpaired) electrons. The Morgan fingerprint density at radius 1 is 1.36 bits per heavy atom. The van der Waals surface area contributed by atoms with E-state index < -0.39 is 0 Å². The summed E-state index contributed by atoms with van der Waals surface area (Å²) in [5.74, 6) is 0.0688. The smallest absolute Gasteiger partial charge is 0.164 e. The second kappa shape index (κ2) is 5.38. The lowest BCUT2D eigenvalue weighted by molar-refractivity contribution is 0.0980. The lowest BCUT2D eigenvalue weighted by atomic mass is 10.1. The molecular formula is C11H12Cl2O. The Kier molecular flexibility index (Phi) is 4.43. The number of carbonyl (C=O) groups is 1. The van der Waals surface area contributed by atoms with Gasteiger partial charge < -0.3 is 0 Å². The fraction of sp³-hybridized carbons (Fsp3) is 0.364. The first-order valence-corrected chi connectivity index (χ1v) is 5.39. The zero-order valence-corrected chi connectivity index (χ0v) is 9.53. The molecule has 1 rings (SSSR count). The van der Waals surface area contributed by atoms with Gasteiger partial charge in [-0.05, 0) is 18.6 Å². The third kappa shape index (κ3) is 2.73. The number of halogens is 2. The van der Waals surface area contributed by atoms with Crippen LogP contribution in [0.1, 0.15) is 36.5 Å². The summed E-state index contributed by atoms with van der Waals surface area (Å²) in [6.07, 6.45) is 2.43. The van der Waals surface area contributed by atoms with Gasteiger partial charge in [0.1, 0.15) is 0 Å². The minimum absolute atomic E-state index is 0.0688. The molecule has 76 valence electrons. The van der Waals surface area contributed by atoms with Crippen molar-refractivity contribution in [2.24, 2.45) is 0 Å². The molecule has 0 atom stereocenters. The summed E-state index contributed by atoms with van der Waals surface area (Å²) >= 11 is 11.7. The Bertz CT molecular complexity index is 334. The van der Waals surface area contributed by atoms with Crippen LogP contribution in [0.4, 0.5) is 0 Å². The molecule has 1 nitrogen and oxygen atoms in total. The van der Waals surface area contributed by atoms with Crippen molar-refractivity contribution >= 4 is 29.0 Å². The maximum absolute atomic E-state index is 11.6. The Labute approximate surface area is 94.0 Å². The highest BCUT2D eigenvalue weighted by Crippen LogP contribution is 2.26. The molecule has 1 aromatic carbocycles. The number of unbranched alkanes of at least 4 members (excludes halogenated alkanes) is 1. The SMILES string of the molecule is CCCCC(=O)c1cccc(Cl)c1Cl. The lowest BCUT2D eigenvalue weighted by Crippen LogP contribution is -1.99. The number of benzene rings is 1. The summed E-state index contributed by atoms with van der Waals surface area (Å²) in [6.45, 7) is 2.05. The van der Waals surface area contributed by atoms with Crippen molar-refractivity contribution in [3.8, 4) is 0 Å². The van der Waals surface area contributed by atoms with Crippen LogP contribution in [0.15, 0.2) is 18.2 Å². The normalized spacial score (nSPS) is 10.2. The molecular weight excluding hydrogens is 219 g/mol. The van der Waals surface area contributed by atoms with Crippen LogP contribution in [0.3, 0.4) is 0 Å². The fourth-order valence-electron chi connectivity index (χ4n) is 1.19. The molecule has 0 heterocycles. The van der Waals surface area contributed by atoms with Crippen molar-refractivity contribution in [3.05, 3.63) is 33.8 Å². The van der Waals surface area contributed by atoms with Crippen molar-refractivity contribution in [1.82, 2.24) is 0 Å². The van der Waals surface area contributed by atoms with Crippen LogP contribution < -0.4 is 0 Å². The zero-order valence-electron chi connectivity index (χ0n) is 8.02. The molecule has 0 amide bonds. The van der Waals surface area contributed by atoms with Gasteiger partial charge in [-0.25, -0.2) is 0 Å². The Morgan fingerprint density at radius 3 is 2.71 bits per heavy atom. The van der Waals surface area contributed by atoms with Crippen LogP contribution in [0.2, 0.25) is 10.0 Å². The van der Waals surface area contributed by atoms with Gasteiger partial charge in [-0.1, -0.05) is 42.6 Å². The largest absolute Gasteiger partial charge is 0.294 e. The van der Waals surface area contributed by atoms with Crippen molar-refractivity contribution in [2.45, 2.75) is 26.2 Å². The van der Waals surface area contributed by atoms with Gasteiger partial charge in [0.2, 0.25) is 0 Å². The molecule has 0 N–H and O–H groups in total. The molecule has 3 heteroatoms. The van der Waals surface area contributed by atoms with Crippen molar-refractivity contribution in [1.29, 1.82) is 0 Å². The highest BCUT2D eigenvalue weighted by molar-refractivity contribution is 6.43. The molecule has 0 aliphatic carbocycles. The van der Waals surface area contributed by atoms with Crippen LogP contribution in [-0.2, 0) is 0 Å². The quantitative estimate of drug-likeness (QED) is 0.703. The van der Waals surface area contributed by atoms with Gasteiger partial charge in [-0.3, -0.25) is 4.79 Å². The molecule has 0 spiro atoms. The van der Waals surface area contributed by atoms with Gasteiger partial charge in [-0.15, -0.1) is 0 Å². The average Bonchev–Trinajstić information content (AvgIpc) is 2.18. The number of ketones is 1. The van der Waals surface area contributed by atoms with E-state index in [4.69, 9.17) is 23.2 Å². The summed E-state index contributed by atoms with van der Waals surface area (Å²) in [5, 5.41) is 0.810. The minimum Gasteiger partial charge on any atom is -0.294 e. The fourth-order valence-corrected chi connectivity index (χ4v) is 1.60. The maximum atomic E-state index is 11.6.